The second-order valence-corrected chi connectivity index (χ2v) is 7.57. The first kappa shape index (κ1) is 13.2. The van der Waals surface area contributed by atoms with Gasteiger partial charge in [0.2, 0.25) is 0 Å². The molecule has 2 heteroatoms. The van der Waals surface area contributed by atoms with Gasteiger partial charge in [-0.1, -0.05) is 39.5 Å². The standard InChI is InChI=1S/C13H28OSi/c1-12(2)8-4-3-5-9-13(15)10-6-7-11-14-13/h12H,3-11H2,1-2,15H3. The molecule has 1 rings (SSSR count). The van der Waals surface area contributed by atoms with E-state index in [1.54, 1.807) is 0 Å². The third-order valence-corrected chi connectivity index (χ3v) is 4.83. The fourth-order valence-corrected chi connectivity index (χ4v) is 3.33. The van der Waals surface area contributed by atoms with Crippen LogP contribution in [0.5, 0.6) is 0 Å². The highest BCUT2D eigenvalue weighted by Gasteiger charge is 2.26. The smallest absolute Gasteiger partial charge is 0.0486 e. The van der Waals surface area contributed by atoms with Crippen LogP contribution in [0.25, 0.3) is 0 Å². The van der Waals surface area contributed by atoms with Crippen molar-refractivity contribution in [2.75, 3.05) is 6.61 Å². The van der Waals surface area contributed by atoms with Gasteiger partial charge in [0.25, 0.3) is 0 Å². The number of unbranched alkanes of at least 4 members (excludes halogenated alkanes) is 2. The fraction of sp³-hybridized carbons (Fsp3) is 1.00. The first-order valence-corrected chi connectivity index (χ1v) is 7.76. The topological polar surface area (TPSA) is 9.23 Å². The van der Waals surface area contributed by atoms with Crippen molar-refractivity contribution in [3.8, 4) is 0 Å². The van der Waals surface area contributed by atoms with Gasteiger partial charge in [-0.05, 0) is 31.6 Å². The maximum Gasteiger partial charge on any atom is 0.0486 e. The SMILES string of the molecule is CC(C)CCCCCC1([SiH3])CCCCO1. The Kier molecular flexibility index (Phi) is 5.91. The number of hydrogen-bond donors (Lipinski definition) is 0. The molecular formula is C13H28OSi. The van der Waals surface area contributed by atoms with Gasteiger partial charge in [-0.2, -0.15) is 0 Å². The van der Waals surface area contributed by atoms with E-state index in [4.69, 9.17) is 4.74 Å². The molecule has 0 aromatic heterocycles. The Morgan fingerprint density at radius 1 is 1.20 bits per heavy atom. The van der Waals surface area contributed by atoms with Gasteiger partial charge in [0.1, 0.15) is 0 Å². The summed E-state index contributed by atoms with van der Waals surface area (Å²) in [5, 5.41) is 0.357. The average Bonchev–Trinajstić information content (AvgIpc) is 2.17. The lowest BCUT2D eigenvalue weighted by molar-refractivity contribution is -0.0240. The zero-order chi connectivity index (χ0) is 11.1. The van der Waals surface area contributed by atoms with E-state index >= 15 is 0 Å². The number of ether oxygens (including phenoxy) is 1. The highest BCUT2D eigenvalue weighted by molar-refractivity contribution is 6.14. The Morgan fingerprint density at radius 3 is 2.60 bits per heavy atom. The maximum atomic E-state index is 5.95. The Morgan fingerprint density at radius 2 is 2.00 bits per heavy atom. The van der Waals surface area contributed by atoms with Crippen molar-refractivity contribution in [1.82, 2.24) is 0 Å². The van der Waals surface area contributed by atoms with Crippen molar-refractivity contribution >= 4 is 10.2 Å². The Balaban J connectivity index is 2.03. The van der Waals surface area contributed by atoms with Crippen molar-refractivity contribution in [2.24, 2.45) is 5.92 Å². The van der Waals surface area contributed by atoms with Crippen LogP contribution in [0.3, 0.4) is 0 Å². The molecule has 1 fully saturated rings. The molecule has 1 aliphatic heterocycles. The largest absolute Gasteiger partial charge is 0.380 e. The third kappa shape index (κ3) is 5.72. The Hall–Kier alpha value is 0.177. The van der Waals surface area contributed by atoms with Gasteiger partial charge in [-0.25, -0.2) is 0 Å². The van der Waals surface area contributed by atoms with E-state index in [9.17, 15) is 0 Å². The maximum absolute atomic E-state index is 5.95. The molecule has 0 aromatic rings. The van der Waals surface area contributed by atoms with Crippen molar-refractivity contribution in [3.05, 3.63) is 0 Å². The van der Waals surface area contributed by atoms with Crippen LogP contribution in [0.4, 0.5) is 0 Å². The molecule has 0 spiro atoms. The fourth-order valence-electron chi connectivity index (χ4n) is 2.42. The molecule has 1 atom stereocenters. The summed E-state index contributed by atoms with van der Waals surface area (Å²) in [4.78, 5) is 0. The molecule has 0 saturated carbocycles. The van der Waals surface area contributed by atoms with Crippen LogP contribution in [0.1, 0.15) is 65.2 Å². The highest BCUT2D eigenvalue weighted by atomic mass is 28.1. The minimum absolute atomic E-state index is 0.357. The lowest BCUT2D eigenvalue weighted by atomic mass is 9.99. The molecular weight excluding hydrogens is 200 g/mol. The summed E-state index contributed by atoms with van der Waals surface area (Å²) >= 11 is 0. The van der Waals surface area contributed by atoms with E-state index in [-0.39, 0.29) is 0 Å². The molecule has 0 radical (unpaired) electrons. The molecule has 1 nitrogen and oxygen atoms in total. The van der Waals surface area contributed by atoms with Crippen molar-refractivity contribution in [2.45, 2.75) is 70.4 Å². The molecule has 1 saturated heterocycles. The van der Waals surface area contributed by atoms with Crippen LogP contribution >= 0.6 is 0 Å². The van der Waals surface area contributed by atoms with Gasteiger partial charge >= 0.3 is 0 Å². The first-order chi connectivity index (χ1) is 7.12. The quantitative estimate of drug-likeness (QED) is 0.502. The van der Waals surface area contributed by atoms with Crippen molar-refractivity contribution in [1.29, 1.82) is 0 Å². The lowest BCUT2D eigenvalue weighted by Gasteiger charge is -2.34. The molecule has 1 aliphatic rings. The normalized spacial score (nSPS) is 27.4. The molecule has 0 bridgehead atoms. The second kappa shape index (κ2) is 6.69. The summed E-state index contributed by atoms with van der Waals surface area (Å²) in [7, 11) is 1.22. The number of rotatable bonds is 6. The van der Waals surface area contributed by atoms with E-state index in [0.717, 1.165) is 12.5 Å². The van der Waals surface area contributed by atoms with Gasteiger partial charge < -0.3 is 4.74 Å². The van der Waals surface area contributed by atoms with Crippen LogP contribution < -0.4 is 0 Å². The Labute approximate surface area is 98.4 Å². The van der Waals surface area contributed by atoms with E-state index in [1.807, 2.05) is 0 Å². The molecule has 15 heavy (non-hydrogen) atoms. The van der Waals surface area contributed by atoms with Crippen LogP contribution in [0.15, 0.2) is 0 Å². The molecule has 1 heterocycles. The molecule has 0 aliphatic carbocycles. The summed E-state index contributed by atoms with van der Waals surface area (Å²) in [6.07, 6.45) is 11.0. The van der Waals surface area contributed by atoms with Crippen molar-refractivity contribution < 1.29 is 4.74 Å². The zero-order valence-corrected chi connectivity index (χ0v) is 12.8. The Bertz CT molecular complexity index is 162. The van der Waals surface area contributed by atoms with E-state index in [2.05, 4.69) is 13.8 Å². The molecule has 0 amide bonds. The first-order valence-electron chi connectivity index (χ1n) is 6.76. The van der Waals surface area contributed by atoms with Crippen LogP contribution in [-0.2, 0) is 4.74 Å². The van der Waals surface area contributed by atoms with Crippen molar-refractivity contribution in [3.63, 3.8) is 0 Å². The summed E-state index contributed by atoms with van der Waals surface area (Å²) in [5.74, 6) is 0.876. The van der Waals surface area contributed by atoms with Gasteiger partial charge in [0.15, 0.2) is 0 Å². The van der Waals surface area contributed by atoms with Crippen LogP contribution in [0.2, 0.25) is 0 Å². The van der Waals surface area contributed by atoms with Crippen LogP contribution in [-0.4, -0.2) is 22.1 Å². The molecule has 90 valence electrons. The van der Waals surface area contributed by atoms with E-state index in [0.29, 0.717) is 5.22 Å². The highest BCUT2D eigenvalue weighted by Crippen LogP contribution is 2.27. The monoisotopic (exact) mass is 228 g/mol. The zero-order valence-electron chi connectivity index (χ0n) is 10.8. The predicted molar refractivity (Wildman–Crippen MR) is 70.4 cm³/mol. The van der Waals surface area contributed by atoms with Gasteiger partial charge in [0, 0.05) is 22.1 Å². The minimum atomic E-state index is 0.357. The van der Waals surface area contributed by atoms with Crippen LogP contribution in [0, 0.1) is 5.92 Å². The molecule has 0 N–H and O–H groups in total. The molecule has 1 unspecified atom stereocenters. The van der Waals surface area contributed by atoms with Gasteiger partial charge in [0.05, 0.1) is 0 Å². The van der Waals surface area contributed by atoms with E-state index in [1.165, 1.54) is 61.6 Å². The number of hydrogen-bond acceptors (Lipinski definition) is 1. The van der Waals surface area contributed by atoms with E-state index < -0.39 is 0 Å². The predicted octanol–water partition coefficient (Wildman–Crippen LogP) is 2.86. The average molecular weight is 228 g/mol. The summed E-state index contributed by atoms with van der Waals surface area (Å²) in [6.45, 7) is 5.66. The lowest BCUT2D eigenvalue weighted by Crippen LogP contribution is -2.36. The molecule has 0 aromatic carbocycles. The third-order valence-electron chi connectivity index (χ3n) is 3.54. The van der Waals surface area contributed by atoms with Gasteiger partial charge in [-0.15, -0.1) is 0 Å². The van der Waals surface area contributed by atoms with Gasteiger partial charge in [-0.3, -0.25) is 0 Å². The summed E-state index contributed by atoms with van der Waals surface area (Å²) < 4.78 is 5.95. The minimum Gasteiger partial charge on any atom is -0.380 e. The second-order valence-electron chi connectivity index (χ2n) is 5.75. The summed E-state index contributed by atoms with van der Waals surface area (Å²) in [6, 6.07) is 0. The summed E-state index contributed by atoms with van der Waals surface area (Å²) in [5.41, 5.74) is 0.